The molecule has 0 aliphatic carbocycles. The number of ether oxygens (including phenoxy) is 1. The second-order valence-corrected chi connectivity index (χ2v) is 7.88. The molecule has 0 aromatic carbocycles. The average molecular weight is 385 g/mol. The summed E-state index contributed by atoms with van der Waals surface area (Å²) in [5.41, 5.74) is 0. The van der Waals surface area contributed by atoms with Crippen molar-refractivity contribution in [2.75, 3.05) is 0 Å². The molecule has 0 bridgehead atoms. The van der Waals surface area contributed by atoms with Gasteiger partial charge in [-0.1, -0.05) is 78.6 Å². The topological polar surface area (TPSA) is 63.6 Å². The summed E-state index contributed by atoms with van der Waals surface area (Å²) >= 11 is 0. The predicted molar refractivity (Wildman–Crippen MR) is 112 cm³/mol. The summed E-state index contributed by atoms with van der Waals surface area (Å²) in [4.78, 5) is 23.4. The fourth-order valence-corrected chi connectivity index (χ4v) is 3.49. The van der Waals surface area contributed by atoms with Crippen molar-refractivity contribution < 1.29 is 19.4 Å². The number of carbonyl (C=O) groups excluding carboxylic acids is 1. The molecule has 0 spiro atoms. The van der Waals surface area contributed by atoms with E-state index in [2.05, 4.69) is 13.8 Å². The lowest BCUT2D eigenvalue weighted by Gasteiger charge is -2.19. The Labute approximate surface area is 167 Å². The zero-order valence-electron chi connectivity index (χ0n) is 18.1. The van der Waals surface area contributed by atoms with Crippen LogP contribution in [0.1, 0.15) is 124 Å². The van der Waals surface area contributed by atoms with Gasteiger partial charge < -0.3 is 9.84 Å². The molecule has 0 heterocycles. The summed E-state index contributed by atoms with van der Waals surface area (Å²) in [7, 11) is 0. The Bertz CT molecular complexity index is 367. The van der Waals surface area contributed by atoms with Gasteiger partial charge in [0.25, 0.3) is 0 Å². The van der Waals surface area contributed by atoms with Crippen molar-refractivity contribution >= 4 is 11.9 Å². The summed E-state index contributed by atoms with van der Waals surface area (Å²) < 4.78 is 5.72. The van der Waals surface area contributed by atoms with E-state index in [0.29, 0.717) is 12.8 Å². The van der Waals surface area contributed by atoms with Crippen LogP contribution in [0.5, 0.6) is 0 Å². The molecule has 2 unspecified atom stereocenters. The van der Waals surface area contributed by atoms with E-state index in [-0.39, 0.29) is 18.5 Å². The van der Waals surface area contributed by atoms with Gasteiger partial charge in [0, 0.05) is 6.42 Å². The summed E-state index contributed by atoms with van der Waals surface area (Å²) in [6.07, 6.45) is 16.2. The summed E-state index contributed by atoms with van der Waals surface area (Å²) in [5.74, 6) is -1.45. The fourth-order valence-electron chi connectivity index (χ4n) is 3.49. The molecular formula is C23H44O4. The molecule has 0 aliphatic heterocycles. The third-order valence-corrected chi connectivity index (χ3v) is 5.24. The van der Waals surface area contributed by atoms with Gasteiger partial charge in [0.05, 0.1) is 5.92 Å². The van der Waals surface area contributed by atoms with Gasteiger partial charge in [-0.2, -0.15) is 0 Å². The van der Waals surface area contributed by atoms with Crippen molar-refractivity contribution in [1.29, 1.82) is 0 Å². The SMILES string of the molecule is CCCCCCCCCC(CCCCC)OC(=O)CCC(CCC)C(=O)O. The highest BCUT2D eigenvalue weighted by atomic mass is 16.5. The second-order valence-electron chi connectivity index (χ2n) is 7.88. The van der Waals surface area contributed by atoms with Crippen molar-refractivity contribution in [3.05, 3.63) is 0 Å². The molecule has 4 heteroatoms. The first-order valence-corrected chi connectivity index (χ1v) is 11.5. The van der Waals surface area contributed by atoms with E-state index < -0.39 is 11.9 Å². The maximum Gasteiger partial charge on any atom is 0.306 e. The molecule has 0 aromatic heterocycles. The van der Waals surface area contributed by atoms with Crippen LogP contribution >= 0.6 is 0 Å². The molecular weight excluding hydrogens is 340 g/mol. The summed E-state index contributed by atoms with van der Waals surface area (Å²) in [6.45, 7) is 6.38. The van der Waals surface area contributed by atoms with E-state index in [9.17, 15) is 14.7 Å². The van der Waals surface area contributed by atoms with E-state index in [0.717, 1.165) is 38.5 Å². The minimum absolute atomic E-state index is 0.00847. The van der Waals surface area contributed by atoms with E-state index in [1.54, 1.807) is 0 Å². The first-order valence-electron chi connectivity index (χ1n) is 11.5. The van der Waals surface area contributed by atoms with Gasteiger partial charge in [-0.05, 0) is 38.5 Å². The molecule has 0 rings (SSSR count). The van der Waals surface area contributed by atoms with E-state index >= 15 is 0 Å². The smallest absolute Gasteiger partial charge is 0.306 e. The van der Waals surface area contributed by atoms with Crippen LogP contribution in [-0.4, -0.2) is 23.1 Å². The number of hydrogen-bond acceptors (Lipinski definition) is 3. The van der Waals surface area contributed by atoms with E-state index in [4.69, 9.17) is 4.74 Å². The fraction of sp³-hybridized carbons (Fsp3) is 0.913. The third kappa shape index (κ3) is 15.7. The number of esters is 1. The van der Waals surface area contributed by atoms with E-state index in [1.165, 1.54) is 44.9 Å². The van der Waals surface area contributed by atoms with Crippen LogP contribution in [0.3, 0.4) is 0 Å². The van der Waals surface area contributed by atoms with Gasteiger partial charge in [0.2, 0.25) is 0 Å². The standard InChI is InChI=1S/C23H44O4/c1-4-7-9-10-11-12-14-17-21(16-13-8-5-2)27-22(24)19-18-20(15-6-3)23(25)26/h20-21H,4-19H2,1-3H3,(H,25,26). The molecule has 0 aliphatic rings. The maximum absolute atomic E-state index is 12.2. The lowest BCUT2D eigenvalue weighted by atomic mass is 9.98. The Morgan fingerprint density at radius 2 is 1.22 bits per heavy atom. The highest BCUT2D eigenvalue weighted by Crippen LogP contribution is 2.19. The van der Waals surface area contributed by atoms with Gasteiger partial charge in [-0.25, -0.2) is 0 Å². The Morgan fingerprint density at radius 3 is 1.78 bits per heavy atom. The van der Waals surface area contributed by atoms with Crippen molar-refractivity contribution in [3.8, 4) is 0 Å². The Balaban J connectivity index is 4.20. The monoisotopic (exact) mass is 384 g/mol. The molecule has 0 saturated carbocycles. The number of carboxylic acid groups (broad SMARTS) is 1. The lowest BCUT2D eigenvalue weighted by molar-refractivity contribution is -0.150. The zero-order valence-corrected chi connectivity index (χ0v) is 18.1. The number of carboxylic acids is 1. The molecule has 0 saturated heterocycles. The van der Waals surface area contributed by atoms with Crippen molar-refractivity contribution in [2.24, 2.45) is 5.92 Å². The van der Waals surface area contributed by atoms with Crippen molar-refractivity contribution in [1.82, 2.24) is 0 Å². The molecule has 1 N–H and O–H groups in total. The van der Waals surface area contributed by atoms with Crippen LogP contribution in [0.15, 0.2) is 0 Å². The maximum atomic E-state index is 12.2. The third-order valence-electron chi connectivity index (χ3n) is 5.24. The number of hydrogen-bond donors (Lipinski definition) is 1. The molecule has 0 amide bonds. The Kier molecular flexibility index (Phi) is 17.6. The Morgan fingerprint density at radius 1 is 0.704 bits per heavy atom. The van der Waals surface area contributed by atoms with Gasteiger partial charge >= 0.3 is 11.9 Å². The van der Waals surface area contributed by atoms with Crippen LogP contribution in [0.2, 0.25) is 0 Å². The zero-order chi connectivity index (χ0) is 20.3. The minimum atomic E-state index is -0.799. The lowest BCUT2D eigenvalue weighted by Crippen LogP contribution is -2.20. The molecule has 0 radical (unpaired) electrons. The molecule has 4 nitrogen and oxygen atoms in total. The van der Waals surface area contributed by atoms with Gasteiger partial charge in [0.1, 0.15) is 6.10 Å². The molecule has 0 aromatic rings. The summed E-state index contributed by atoms with van der Waals surface area (Å²) in [6, 6.07) is 0. The Hall–Kier alpha value is -1.06. The predicted octanol–water partition coefficient (Wildman–Crippen LogP) is 6.90. The molecule has 0 fully saturated rings. The quantitative estimate of drug-likeness (QED) is 0.194. The molecule has 27 heavy (non-hydrogen) atoms. The van der Waals surface area contributed by atoms with Crippen LogP contribution in [0.25, 0.3) is 0 Å². The number of unbranched alkanes of at least 4 members (excludes halogenated alkanes) is 8. The molecule has 160 valence electrons. The van der Waals surface area contributed by atoms with Crippen LogP contribution < -0.4 is 0 Å². The second kappa shape index (κ2) is 18.3. The number of aliphatic carboxylic acids is 1. The van der Waals surface area contributed by atoms with Crippen LogP contribution in [0.4, 0.5) is 0 Å². The number of carbonyl (C=O) groups is 2. The highest BCUT2D eigenvalue weighted by Gasteiger charge is 2.20. The van der Waals surface area contributed by atoms with Gasteiger partial charge in [-0.15, -0.1) is 0 Å². The number of rotatable bonds is 19. The highest BCUT2D eigenvalue weighted by molar-refractivity contribution is 5.73. The normalized spacial score (nSPS) is 13.3. The van der Waals surface area contributed by atoms with Crippen molar-refractivity contribution in [3.63, 3.8) is 0 Å². The van der Waals surface area contributed by atoms with Gasteiger partial charge in [-0.3, -0.25) is 9.59 Å². The van der Waals surface area contributed by atoms with Crippen LogP contribution in [-0.2, 0) is 14.3 Å². The largest absolute Gasteiger partial charge is 0.481 e. The van der Waals surface area contributed by atoms with Gasteiger partial charge in [0.15, 0.2) is 0 Å². The average Bonchev–Trinajstić information content (AvgIpc) is 2.64. The first kappa shape index (κ1) is 25.9. The molecule has 2 atom stereocenters. The summed E-state index contributed by atoms with van der Waals surface area (Å²) in [5, 5.41) is 9.21. The van der Waals surface area contributed by atoms with Crippen molar-refractivity contribution in [2.45, 2.75) is 130 Å². The van der Waals surface area contributed by atoms with E-state index in [1.807, 2.05) is 6.92 Å². The first-order chi connectivity index (χ1) is 13.0. The van der Waals surface area contributed by atoms with Crippen LogP contribution in [0, 0.1) is 5.92 Å². The minimum Gasteiger partial charge on any atom is -0.481 e.